The van der Waals surface area contributed by atoms with Crippen molar-refractivity contribution in [3.8, 4) is 0 Å². The zero-order chi connectivity index (χ0) is 2.83. The lowest BCUT2D eigenvalue weighted by molar-refractivity contribution is 0.504. The molecule has 0 saturated heterocycles. The summed E-state index contributed by atoms with van der Waals surface area (Å²) in [5.41, 5.74) is 0. The predicted molar refractivity (Wildman–Crippen MR) is 45.4 cm³/mol. The van der Waals surface area contributed by atoms with Crippen LogP contribution in [-0.2, 0) is 0 Å². The zero-order valence-electron chi connectivity index (χ0n) is 2.83. The summed E-state index contributed by atoms with van der Waals surface area (Å²) in [4.78, 5) is 0. The summed E-state index contributed by atoms with van der Waals surface area (Å²) in [5.74, 6) is 0. The van der Waals surface area contributed by atoms with Gasteiger partial charge in [-0.25, -0.2) is 0 Å². The van der Waals surface area contributed by atoms with Gasteiger partial charge in [0.15, 0.2) is 0 Å². The van der Waals surface area contributed by atoms with Gasteiger partial charge in [-0.3, -0.25) is 0 Å². The average molecular weight is 120 g/mol. The SMILES string of the molecule is C.C.C.C.C1CCC1. The van der Waals surface area contributed by atoms with Crippen LogP contribution in [0.4, 0.5) is 0 Å². The third-order valence-corrected chi connectivity index (χ3v) is 1.000. The molecule has 0 spiro atoms. The van der Waals surface area contributed by atoms with E-state index in [1.165, 1.54) is 25.7 Å². The molecule has 0 nitrogen and oxygen atoms in total. The Balaban J connectivity index is -0.0000000200. The number of hydrogen-bond acceptors (Lipinski definition) is 0. The van der Waals surface area contributed by atoms with E-state index < -0.39 is 0 Å². The van der Waals surface area contributed by atoms with Gasteiger partial charge in [-0.2, -0.15) is 0 Å². The fourth-order valence-corrected chi connectivity index (χ4v) is 0.250. The maximum absolute atomic E-state index is 1.50. The van der Waals surface area contributed by atoms with Gasteiger partial charge < -0.3 is 0 Å². The molecule has 0 aromatic rings. The van der Waals surface area contributed by atoms with Crippen LogP contribution < -0.4 is 0 Å². The second kappa shape index (κ2) is 15.8. The highest BCUT2D eigenvalue weighted by Gasteiger charge is 1.95. The minimum absolute atomic E-state index is 0. The highest BCUT2D eigenvalue weighted by molar-refractivity contribution is 4.50. The predicted octanol–water partition coefficient (Wildman–Crippen LogP) is 4.10. The van der Waals surface area contributed by atoms with Crippen molar-refractivity contribution in [2.24, 2.45) is 0 Å². The van der Waals surface area contributed by atoms with Crippen LogP contribution in [0.3, 0.4) is 0 Å². The minimum Gasteiger partial charge on any atom is -0.0776 e. The van der Waals surface area contributed by atoms with Crippen molar-refractivity contribution in [1.29, 1.82) is 0 Å². The molecule has 0 aliphatic heterocycles. The Morgan fingerprint density at radius 3 is 0.500 bits per heavy atom. The largest absolute Gasteiger partial charge is 0.0776 e. The van der Waals surface area contributed by atoms with E-state index in [1.807, 2.05) is 0 Å². The molecule has 0 atom stereocenters. The van der Waals surface area contributed by atoms with Crippen molar-refractivity contribution in [3.05, 3.63) is 0 Å². The normalized spacial score (nSPS) is 12.0. The molecule has 0 aromatic carbocycles. The summed E-state index contributed by atoms with van der Waals surface area (Å²) in [5, 5.41) is 0. The van der Waals surface area contributed by atoms with Gasteiger partial charge in [-0.05, 0) is 0 Å². The Hall–Kier alpha value is 0. The Morgan fingerprint density at radius 1 is 0.375 bits per heavy atom. The molecule has 0 unspecified atom stereocenters. The standard InChI is InChI=1S/C4H8.4CH4/c1-2-4-3-1;;;;/h1-4H2;4*1H4. The molecule has 56 valence electrons. The zero-order valence-corrected chi connectivity index (χ0v) is 2.83. The molecule has 1 aliphatic carbocycles. The third kappa shape index (κ3) is 9.38. The fourth-order valence-electron chi connectivity index (χ4n) is 0.250. The maximum Gasteiger partial charge on any atom is -0.0533 e. The Bertz CT molecular complexity index is 8.00. The molecule has 0 bridgehead atoms. The Morgan fingerprint density at radius 2 is 0.500 bits per heavy atom. The van der Waals surface area contributed by atoms with Gasteiger partial charge in [-0.1, -0.05) is 55.4 Å². The molecule has 0 amide bonds. The van der Waals surface area contributed by atoms with Crippen LogP contribution in [0.5, 0.6) is 0 Å². The van der Waals surface area contributed by atoms with Gasteiger partial charge in [0.05, 0.1) is 0 Å². The van der Waals surface area contributed by atoms with E-state index in [4.69, 9.17) is 0 Å². The van der Waals surface area contributed by atoms with Gasteiger partial charge in [0.25, 0.3) is 0 Å². The van der Waals surface area contributed by atoms with Crippen molar-refractivity contribution < 1.29 is 0 Å². The molecule has 0 heteroatoms. The van der Waals surface area contributed by atoms with Crippen molar-refractivity contribution in [2.75, 3.05) is 0 Å². The summed E-state index contributed by atoms with van der Waals surface area (Å²) in [6, 6.07) is 0. The van der Waals surface area contributed by atoms with Crippen molar-refractivity contribution in [1.82, 2.24) is 0 Å². The third-order valence-electron chi connectivity index (χ3n) is 1.000. The van der Waals surface area contributed by atoms with Crippen molar-refractivity contribution in [2.45, 2.75) is 55.4 Å². The molecule has 1 aliphatic rings. The molecule has 0 heterocycles. The van der Waals surface area contributed by atoms with E-state index >= 15 is 0 Å². The van der Waals surface area contributed by atoms with Gasteiger partial charge in [0, 0.05) is 0 Å². The molecule has 0 aromatic heterocycles. The lowest BCUT2D eigenvalue weighted by Gasteiger charge is -2.05. The maximum atomic E-state index is 1.50. The molecular formula is C8H24. The average Bonchev–Trinajstić information content (AvgIpc) is 0.722. The summed E-state index contributed by atoms with van der Waals surface area (Å²) >= 11 is 0. The van der Waals surface area contributed by atoms with Crippen LogP contribution in [-0.4, -0.2) is 0 Å². The highest BCUT2D eigenvalue weighted by Crippen LogP contribution is 2.15. The van der Waals surface area contributed by atoms with Gasteiger partial charge in [0.1, 0.15) is 0 Å². The first-order valence-electron chi connectivity index (χ1n) is 2.00. The summed E-state index contributed by atoms with van der Waals surface area (Å²) in [6.45, 7) is 0. The molecule has 1 rings (SSSR count). The minimum atomic E-state index is 0. The molecule has 0 N–H and O–H groups in total. The number of hydrogen-bond donors (Lipinski definition) is 0. The first-order chi connectivity index (χ1) is 2.00. The van der Waals surface area contributed by atoms with E-state index in [0.29, 0.717) is 0 Å². The summed E-state index contributed by atoms with van der Waals surface area (Å²) in [6.07, 6.45) is 6.00. The van der Waals surface area contributed by atoms with Crippen molar-refractivity contribution >= 4 is 0 Å². The van der Waals surface area contributed by atoms with Gasteiger partial charge in [-0.15, -0.1) is 0 Å². The van der Waals surface area contributed by atoms with Crippen LogP contribution in [0.2, 0.25) is 0 Å². The van der Waals surface area contributed by atoms with Crippen LogP contribution in [0.15, 0.2) is 0 Å². The van der Waals surface area contributed by atoms with E-state index in [9.17, 15) is 0 Å². The first-order valence-corrected chi connectivity index (χ1v) is 2.00. The smallest absolute Gasteiger partial charge is 0.0533 e. The van der Waals surface area contributed by atoms with Gasteiger partial charge >= 0.3 is 0 Å². The second-order valence-electron chi connectivity index (χ2n) is 1.41. The summed E-state index contributed by atoms with van der Waals surface area (Å²) < 4.78 is 0. The quantitative estimate of drug-likeness (QED) is 0.451. The molecule has 1 fully saturated rings. The van der Waals surface area contributed by atoms with E-state index in [0.717, 1.165) is 0 Å². The topological polar surface area (TPSA) is 0 Å². The van der Waals surface area contributed by atoms with Crippen LogP contribution in [0, 0.1) is 0 Å². The second-order valence-corrected chi connectivity index (χ2v) is 1.41. The molecule has 1 saturated carbocycles. The van der Waals surface area contributed by atoms with E-state index in [1.54, 1.807) is 0 Å². The van der Waals surface area contributed by atoms with E-state index in [2.05, 4.69) is 0 Å². The van der Waals surface area contributed by atoms with Crippen LogP contribution in [0.1, 0.15) is 55.4 Å². The molecular weight excluding hydrogens is 96.1 g/mol. The Labute approximate surface area is 56.3 Å². The monoisotopic (exact) mass is 120 g/mol. The molecule has 0 radical (unpaired) electrons. The van der Waals surface area contributed by atoms with Gasteiger partial charge in [0.2, 0.25) is 0 Å². The first kappa shape index (κ1) is 24.5. The lowest BCUT2D eigenvalue weighted by Crippen LogP contribution is -1.85. The number of rotatable bonds is 0. The lowest BCUT2D eigenvalue weighted by atomic mass is 10.0. The van der Waals surface area contributed by atoms with Crippen LogP contribution in [0.25, 0.3) is 0 Å². The highest BCUT2D eigenvalue weighted by atomic mass is 14.0. The van der Waals surface area contributed by atoms with E-state index in [-0.39, 0.29) is 29.7 Å². The van der Waals surface area contributed by atoms with Crippen molar-refractivity contribution in [3.63, 3.8) is 0 Å². The fraction of sp³-hybridized carbons (Fsp3) is 1.00. The molecule has 8 heavy (non-hydrogen) atoms. The van der Waals surface area contributed by atoms with Crippen LogP contribution >= 0.6 is 0 Å². The summed E-state index contributed by atoms with van der Waals surface area (Å²) in [7, 11) is 0. The Kier molecular flexibility index (Phi) is 48.2.